The molecule has 1 heterocycles. The molecule has 3 nitrogen and oxygen atoms in total. The van der Waals surface area contributed by atoms with Crippen molar-refractivity contribution in [3.63, 3.8) is 0 Å². The second-order valence-corrected chi connectivity index (χ2v) is 6.03. The number of aliphatic hydroxyl groups excluding tert-OH is 1. The normalized spacial score (nSPS) is 24.2. The summed E-state index contributed by atoms with van der Waals surface area (Å²) in [6, 6.07) is 0. The molecule has 1 aliphatic rings. The summed E-state index contributed by atoms with van der Waals surface area (Å²) in [7, 11) is 0. The van der Waals surface area contributed by atoms with Crippen LogP contribution in [0.25, 0.3) is 0 Å². The van der Waals surface area contributed by atoms with Crippen molar-refractivity contribution in [1.29, 1.82) is 0 Å². The van der Waals surface area contributed by atoms with Gasteiger partial charge in [0.1, 0.15) is 0 Å². The molecular formula is C18H30O3. The maximum absolute atomic E-state index is 8.65. The highest BCUT2D eigenvalue weighted by molar-refractivity contribution is 5.16. The molecule has 120 valence electrons. The Bertz CT molecular complexity index is 362. The molecule has 0 spiro atoms. The Morgan fingerprint density at radius 1 is 1.10 bits per heavy atom. The predicted molar refractivity (Wildman–Crippen MR) is 85.8 cm³/mol. The van der Waals surface area contributed by atoms with E-state index in [1.54, 1.807) is 12.2 Å². The number of rotatable bonds is 8. The summed E-state index contributed by atoms with van der Waals surface area (Å²) in [6.45, 7) is 6.20. The summed E-state index contributed by atoms with van der Waals surface area (Å²) in [5.41, 5.74) is 0. The van der Waals surface area contributed by atoms with Crippen LogP contribution >= 0.6 is 0 Å². The Morgan fingerprint density at radius 2 is 1.81 bits per heavy atom. The van der Waals surface area contributed by atoms with Gasteiger partial charge >= 0.3 is 0 Å². The first-order valence-corrected chi connectivity index (χ1v) is 8.19. The Hall–Kier alpha value is -0.820. The maximum Gasteiger partial charge on any atom is 0.163 e. The van der Waals surface area contributed by atoms with Crippen LogP contribution in [-0.4, -0.2) is 29.7 Å². The topological polar surface area (TPSA) is 38.7 Å². The second kappa shape index (κ2) is 10.00. The fraction of sp³-hybridized carbons (Fsp3) is 0.778. The molecule has 0 unspecified atom stereocenters. The SMILES string of the molecule is CCCCCCC[C@H]1OC(C)(C)O[C@@H]1CC#C/C=C/CO. The Kier molecular flexibility index (Phi) is 8.68. The molecule has 0 saturated carbocycles. The first kappa shape index (κ1) is 18.2. The fourth-order valence-electron chi connectivity index (χ4n) is 2.61. The average molecular weight is 294 g/mol. The molecular weight excluding hydrogens is 264 g/mol. The van der Waals surface area contributed by atoms with Gasteiger partial charge in [-0.1, -0.05) is 56.9 Å². The van der Waals surface area contributed by atoms with Gasteiger partial charge < -0.3 is 14.6 Å². The van der Waals surface area contributed by atoms with E-state index in [4.69, 9.17) is 14.6 Å². The molecule has 0 radical (unpaired) electrons. The van der Waals surface area contributed by atoms with E-state index in [0.717, 1.165) is 6.42 Å². The fourth-order valence-corrected chi connectivity index (χ4v) is 2.61. The van der Waals surface area contributed by atoms with Gasteiger partial charge in [-0.3, -0.25) is 0 Å². The zero-order chi connectivity index (χ0) is 15.6. The maximum atomic E-state index is 8.65. The summed E-state index contributed by atoms with van der Waals surface area (Å²) in [4.78, 5) is 0. The van der Waals surface area contributed by atoms with E-state index < -0.39 is 5.79 Å². The monoisotopic (exact) mass is 294 g/mol. The van der Waals surface area contributed by atoms with Crippen LogP contribution in [0.5, 0.6) is 0 Å². The van der Waals surface area contributed by atoms with E-state index in [0.29, 0.717) is 6.42 Å². The van der Waals surface area contributed by atoms with E-state index >= 15 is 0 Å². The molecule has 0 aromatic carbocycles. The highest BCUT2D eigenvalue weighted by Crippen LogP contribution is 2.32. The summed E-state index contributed by atoms with van der Waals surface area (Å²) < 4.78 is 11.9. The predicted octanol–water partition coefficient (Wildman–Crippen LogP) is 3.81. The molecule has 0 aromatic rings. The second-order valence-electron chi connectivity index (χ2n) is 6.03. The molecule has 21 heavy (non-hydrogen) atoms. The Balaban J connectivity index is 2.38. The van der Waals surface area contributed by atoms with E-state index in [1.807, 2.05) is 13.8 Å². The number of allylic oxidation sites excluding steroid dienone is 1. The van der Waals surface area contributed by atoms with Crippen LogP contribution in [0.3, 0.4) is 0 Å². The Morgan fingerprint density at radius 3 is 2.52 bits per heavy atom. The first-order valence-electron chi connectivity index (χ1n) is 8.19. The average Bonchev–Trinajstić information content (AvgIpc) is 2.73. The van der Waals surface area contributed by atoms with Crippen molar-refractivity contribution < 1.29 is 14.6 Å². The number of unbranched alkanes of at least 4 members (excludes halogenated alkanes) is 4. The summed E-state index contributed by atoms with van der Waals surface area (Å²) in [5.74, 6) is 5.51. The number of aliphatic hydroxyl groups is 1. The smallest absolute Gasteiger partial charge is 0.163 e. The molecule has 0 amide bonds. The van der Waals surface area contributed by atoms with Gasteiger partial charge in [-0.25, -0.2) is 0 Å². The lowest BCUT2D eigenvalue weighted by Crippen LogP contribution is -2.21. The third kappa shape index (κ3) is 7.66. The van der Waals surface area contributed by atoms with Crippen molar-refractivity contribution in [2.75, 3.05) is 6.61 Å². The van der Waals surface area contributed by atoms with Crippen LogP contribution in [0, 0.1) is 11.8 Å². The van der Waals surface area contributed by atoms with Gasteiger partial charge in [-0.05, 0) is 26.3 Å². The number of hydrogen-bond acceptors (Lipinski definition) is 3. The molecule has 3 heteroatoms. The highest BCUT2D eigenvalue weighted by atomic mass is 16.7. The van der Waals surface area contributed by atoms with Crippen molar-refractivity contribution in [3.8, 4) is 11.8 Å². The van der Waals surface area contributed by atoms with Crippen LogP contribution in [0.15, 0.2) is 12.2 Å². The highest BCUT2D eigenvalue weighted by Gasteiger charge is 2.40. The van der Waals surface area contributed by atoms with Gasteiger partial charge in [0.25, 0.3) is 0 Å². The molecule has 1 N–H and O–H groups in total. The minimum Gasteiger partial charge on any atom is -0.392 e. The minimum atomic E-state index is -0.499. The first-order chi connectivity index (χ1) is 10.1. The lowest BCUT2D eigenvalue weighted by atomic mass is 10.0. The van der Waals surface area contributed by atoms with E-state index in [2.05, 4.69) is 18.8 Å². The summed E-state index contributed by atoms with van der Waals surface area (Å²) >= 11 is 0. The number of hydrogen-bond donors (Lipinski definition) is 1. The molecule has 1 rings (SSSR count). The van der Waals surface area contributed by atoms with Crippen molar-refractivity contribution in [2.24, 2.45) is 0 Å². The molecule has 0 bridgehead atoms. The third-order valence-corrected chi connectivity index (χ3v) is 3.59. The van der Waals surface area contributed by atoms with Crippen molar-refractivity contribution in [2.45, 2.75) is 83.7 Å². The van der Waals surface area contributed by atoms with Gasteiger partial charge in [0, 0.05) is 6.42 Å². The van der Waals surface area contributed by atoms with Gasteiger partial charge in [0.2, 0.25) is 0 Å². The summed E-state index contributed by atoms with van der Waals surface area (Å²) in [5, 5.41) is 8.65. The van der Waals surface area contributed by atoms with Crippen LogP contribution in [0.4, 0.5) is 0 Å². The van der Waals surface area contributed by atoms with Gasteiger partial charge in [-0.15, -0.1) is 0 Å². The van der Waals surface area contributed by atoms with Crippen LogP contribution in [-0.2, 0) is 9.47 Å². The Labute approximate surface area is 129 Å². The van der Waals surface area contributed by atoms with Crippen LogP contribution in [0.1, 0.15) is 65.7 Å². The molecule has 1 saturated heterocycles. The van der Waals surface area contributed by atoms with Crippen molar-refractivity contribution in [3.05, 3.63) is 12.2 Å². The molecule has 1 aliphatic heterocycles. The largest absolute Gasteiger partial charge is 0.392 e. The molecule has 2 atom stereocenters. The standard InChI is InChI=1S/C18H30O3/c1-4-5-6-7-10-13-16-17(21-18(2,3)20-16)14-11-8-9-12-15-19/h9,12,16-17,19H,4-7,10,13-15H2,1-3H3/b12-9+/t16-,17-/m1/s1. The van der Waals surface area contributed by atoms with E-state index in [-0.39, 0.29) is 18.8 Å². The molecule has 0 aromatic heterocycles. The lowest BCUT2D eigenvalue weighted by Gasteiger charge is -2.16. The van der Waals surface area contributed by atoms with Crippen LogP contribution in [0.2, 0.25) is 0 Å². The van der Waals surface area contributed by atoms with E-state index in [9.17, 15) is 0 Å². The molecule has 1 fully saturated rings. The lowest BCUT2D eigenvalue weighted by molar-refractivity contribution is -0.146. The van der Waals surface area contributed by atoms with E-state index in [1.165, 1.54) is 32.1 Å². The summed E-state index contributed by atoms with van der Waals surface area (Å²) in [6.07, 6.45) is 11.6. The van der Waals surface area contributed by atoms with Gasteiger partial charge in [0.15, 0.2) is 5.79 Å². The van der Waals surface area contributed by atoms with Gasteiger partial charge in [0.05, 0.1) is 18.8 Å². The molecule has 0 aliphatic carbocycles. The third-order valence-electron chi connectivity index (χ3n) is 3.59. The van der Waals surface area contributed by atoms with Gasteiger partial charge in [-0.2, -0.15) is 0 Å². The zero-order valence-electron chi connectivity index (χ0n) is 13.7. The zero-order valence-corrected chi connectivity index (χ0v) is 13.7. The van der Waals surface area contributed by atoms with Crippen LogP contribution < -0.4 is 0 Å². The van der Waals surface area contributed by atoms with Crippen molar-refractivity contribution in [1.82, 2.24) is 0 Å². The minimum absolute atomic E-state index is 0.0329. The number of ether oxygens (including phenoxy) is 2. The quantitative estimate of drug-likeness (QED) is 0.546. The van der Waals surface area contributed by atoms with Crippen molar-refractivity contribution >= 4 is 0 Å².